The molecule has 1 aromatic rings. The van der Waals surface area contributed by atoms with Crippen LogP contribution >= 0.6 is 11.6 Å². The SMILES string of the molecule is CCCCNC1CCN(c2nc(Cl)nc(N3CCC(NCCCC)C(C)(C)C3(C)C)n2)C(C)(C)C1(C)C. The van der Waals surface area contributed by atoms with Gasteiger partial charge in [0.15, 0.2) is 0 Å². The fraction of sp³-hybridized carbons (Fsp3) is 0.897. The van der Waals surface area contributed by atoms with Crippen molar-refractivity contribution >= 4 is 23.5 Å². The van der Waals surface area contributed by atoms with Gasteiger partial charge in [-0.1, -0.05) is 54.4 Å². The molecule has 7 nitrogen and oxygen atoms in total. The normalized spacial score (nSPS) is 26.4. The summed E-state index contributed by atoms with van der Waals surface area (Å²) in [6.45, 7) is 27.1. The maximum Gasteiger partial charge on any atom is 0.231 e. The molecule has 2 fully saturated rings. The largest absolute Gasteiger partial charge is 0.335 e. The van der Waals surface area contributed by atoms with Crippen LogP contribution < -0.4 is 20.4 Å². The number of hydrogen-bond acceptors (Lipinski definition) is 7. The maximum atomic E-state index is 6.60. The quantitative estimate of drug-likeness (QED) is 0.352. The minimum absolute atomic E-state index is 0.0159. The van der Waals surface area contributed by atoms with Crippen LogP contribution in [-0.4, -0.2) is 64.3 Å². The first-order valence-electron chi connectivity index (χ1n) is 14.7. The number of nitrogens with zero attached hydrogens (tertiary/aromatic N) is 5. The molecule has 0 bridgehead atoms. The van der Waals surface area contributed by atoms with Crippen molar-refractivity contribution in [2.45, 2.75) is 131 Å². The van der Waals surface area contributed by atoms with Gasteiger partial charge in [-0.2, -0.15) is 15.0 Å². The van der Waals surface area contributed by atoms with Gasteiger partial charge in [0.2, 0.25) is 17.2 Å². The fourth-order valence-electron chi connectivity index (χ4n) is 6.24. The van der Waals surface area contributed by atoms with Crippen LogP contribution in [0.15, 0.2) is 0 Å². The Morgan fingerprint density at radius 2 is 1.08 bits per heavy atom. The average molecular weight is 536 g/mol. The summed E-state index contributed by atoms with van der Waals surface area (Å²) in [6.07, 6.45) is 6.93. The lowest BCUT2D eigenvalue weighted by Gasteiger charge is -2.58. The molecule has 0 aromatic carbocycles. The third kappa shape index (κ3) is 5.74. The second-order valence-corrected chi connectivity index (χ2v) is 13.7. The van der Waals surface area contributed by atoms with Crippen molar-refractivity contribution in [2.24, 2.45) is 10.8 Å². The smallest absolute Gasteiger partial charge is 0.231 e. The summed E-state index contributed by atoms with van der Waals surface area (Å²) in [4.78, 5) is 19.2. The number of rotatable bonds is 10. The lowest BCUT2D eigenvalue weighted by atomic mass is 9.64. The van der Waals surface area contributed by atoms with Gasteiger partial charge in [-0.3, -0.25) is 0 Å². The number of unbranched alkanes of at least 4 members (excludes halogenated alkanes) is 2. The zero-order valence-corrected chi connectivity index (χ0v) is 26.1. The van der Waals surface area contributed by atoms with Gasteiger partial charge >= 0.3 is 0 Å². The van der Waals surface area contributed by atoms with Gasteiger partial charge in [0.05, 0.1) is 0 Å². The van der Waals surface area contributed by atoms with Crippen molar-refractivity contribution < 1.29 is 0 Å². The predicted octanol–water partition coefficient (Wildman–Crippen LogP) is 6.07. The van der Waals surface area contributed by atoms with Crippen LogP contribution in [0, 0.1) is 10.8 Å². The van der Waals surface area contributed by atoms with E-state index in [0.29, 0.717) is 24.0 Å². The Morgan fingerprint density at radius 3 is 1.43 bits per heavy atom. The molecule has 0 radical (unpaired) electrons. The van der Waals surface area contributed by atoms with E-state index in [2.05, 4.69) is 99.6 Å². The van der Waals surface area contributed by atoms with Gasteiger partial charge in [-0.05, 0) is 78.1 Å². The van der Waals surface area contributed by atoms with Crippen molar-refractivity contribution in [3.63, 3.8) is 0 Å². The van der Waals surface area contributed by atoms with Crippen molar-refractivity contribution in [3.8, 4) is 0 Å². The summed E-state index contributed by atoms with van der Waals surface area (Å²) in [6, 6.07) is 0.891. The highest BCUT2D eigenvalue weighted by atomic mass is 35.5. The molecule has 212 valence electrons. The first-order chi connectivity index (χ1) is 17.2. The summed E-state index contributed by atoms with van der Waals surface area (Å²) >= 11 is 6.60. The second-order valence-electron chi connectivity index (χ2n) is 13.4. The Morgan fingerprint density at radius 1 is 0.703 bits per heavy atom. The molecule has 2 atom stereocenters. The van der Waals surface area contributed by atoms with E-state index in [-0.39, 0.29) is 27.2 Å². The molecule has 0 saturated carbocycles. The topological polar surface area (TPSA) is 69.2 Å². The summed E-state index contributed by atoms with van der Waals surface area (Å²) in [7, 11) is 0. The van der Waals surface area contributed by atoms with Crippen LogP contribution in [0.2, 0.25) is 5.28 Å². The monoisotopic (exact) mass is 535 g/mol. The van der Waals surface area contributed by atoms with Crippen LogP contribution in [-0.2, 0) is 0 Å². The molecule has 3 rings (SSSR count). The molecular weight excluding hydrogens is 482 g/mol. The molecule has 0 aliphatic carbocycles. The molecule has 2 saturated heterocycles. The van der Waals surface area contributed by atoms with E-state index >= 15 is 0 Å². The Labute approximate surface area is 231 Å². The Balaban J connectivity index is 1.89. The molecule has 2 unspecified atom stereocenters. The second kappa shape index (κ2) is 11.5. The van der Waals surface area contributed by atoms with Crippen LogP contribution in [0.3, 0.4) is 0 Å². The molecule has 2 aliphatic heterocycles. The maximum absolute atomic E-state index is 6.60. The summed E-state index contributed by atoms with van der Waals surface area (Å²) in [5.41, 5.74) is -0.297. The molecule has 37 heavy (non-hydrogen) atoms. The lowest BCUT2D eigenvalue weighted by molar-refractivity contribution is 0.0859. The molecule has 0 spiro atoms. The molecule has 8 heteroatoms. The number of nitrogens with one attached hydrogen (secondary N) is 2. The molecule has 2 aliphatic rings. The van der Waals surface area contributed by atoms with Crippen molar-refractivity contribution in [3.05, 3.63) is 5.28 Å². The minimum Gasteiger partial charge on any atom is -0.335 e. The highest BCUT2D eigenvalue weighted by Crippen LogP contribution is 2.47. The van der Waals surface area contributed by atoms with Gasteiger partial charge < -0.3 is 20.4 Å². The van der Waals surface area contributed by atoms with Gasteiger partial charge in [0, 0.05) is 47.1 Å². The van der Waals surface area contributed by atoms with Crippen LogP contribution in [0.5, 0.6) is 0 Å². The summed E-state index contributed by atoms with van der Waals surface area (Å²) in [5, 5.41) is 7.95. The van der Waals surface area contributed by atoms with Crippen LogP contribution in [0.25, 0.3) is 0 Å². The van der Waals surface area contributed by atoms with E-state index in [1.54, 1.807) is 0 Å². The van der Waals surface area contributed by atoms with Crippen LogP contribution in [0.1, 0.15) is 108 Å². The van der Waals surface area contributed by atoms with E-state index in [4.69, 9.17) is 16.6 Å². The Bertz CT molecular complexity index is 830. The molecule has 1 aromatic heterocycles. The Kier molecular flexibility index (Phi) is 9.45. The van der Waals surface area contributed by atoms with Crippen molar-refractivity contribution in [1.29, 1.82) is 0 Å². The van der Waals surface area contributed by atoms with E-state index < -0.39 is 0 Å². The highest BCUT2D eigenvalue weighted by Gasteiger charge is 2.53. The van der Waals surface area contributed by atoms with Crippen molar-refractivity contribution in [2.75, 3.05) is 36.0 Å². The van der Waals surface area contributed by atoms with Gasteiger partial charge in [0.25, 0.3) is 0 Å². The average Bonchev–Trinajstić information content (AvgIpc) is 2.79. The van der Waals surface area contributed by atoms with Gasteiger partial charge in [0.1, 0.15) is 0 Å². The van der Waals surface area contributed by atoms with Gasteiger partial charge in [-0.25, -0.2) is 0 Å². The van der Waals surface area contributed by atoms with E-state index in [0.717, 1.165) is 39.0 Å². The van der Waals surface area contributed by atoms with Crippen LogP contribution in [0.4, 0.5) is 11.9 Å². The number of piperidine rings is 2. The summed E-state index contributed by atoms with van der Waals surface area (Å²) in [5.74, 6) is 1.38. The highest BCUT2D eigenvalue weighted by molar-refractivity contribution is 6.28. The number of hydrogen-bond donors (Lipinski definition) is 2. The zero-order chi connectivity index (χ0) is 27.6. The first kappa shape index (κ1) is 30.4. The standard InChI is InChI=1S/C29H54ClN7/c1-11-13-17-31-21-15-19-36(28(7,8)26(21,3)4)24-33-23(30)34-25(35-24)37-20-16-22(32-18-14-12-2)27(5,6)29(37,9)10/h21-22,31-32H,11-20H2,1-10H3. The van der Waals surface area contributed by atoms with Gasteiger partial charge in [-0.15, -0.1) is 0 Å². The lowest BCUT2D eigenvalue weighted by Crippen LogP contribution is -2.67. The summed E-state index contributed by atoms with van der Waals surface area (Å²) < 4.78 is 0. The number of anilines is 2. The predicted molar refractivity (Wildman–Crippen MR) is 158 cm³/mol. The molecule has 2 N–H and O–H groups in total. The van der Waals surface area contributed by atoms with Crippen molar-refractivity contribution in [1.82, 2.24) is 25.6 Å². The van der Waals surface area contributed by atoms with E-state index in [1.807, 2.05) is 0 Å². The number of halogens is 1. The third-order valence-corrected chi connectivity index (χ3v) is 10.6. The zero-order valence-electron chi connectivity index (χ0n) is 25.3. The minimum atomic E-state index is -0.165. The van der Waals surface area contributed by atoms with E-state index in [1.165, 1.54) is 25.7 Å². The molecular formula is C29H54ClN7. The first-order valence-corrected chi connectivity index (χ1v) is 15.0. The number of aromatic nitrogens is 3. The molecule has 3 heterocycles. The van der Waals surface area contributed by atoms with E-state index in [9.17, 15) is 0 Å². The third-order valence-electron chi connectivity index (χ3n) is 10.4. The molecule has 0 amide bonds. The fourth-order valence-corrected chi connectivity index (χ4v) is 6.39. The Hall–Kier alpha value is -1.18.